The van der Waals surface area contributed by atoms with Crippen LogP contribution in [0.3, 0.4) is 0 Å². The summed E-state index contributed by atoms with van der Waals surface area (Å²) >= 11 is 5.61. The van der Waals surface area contributed by atoms with Crippen molar-refractivity contribution in [2.75, 3.05) is 11.9 Å². The monoisotopic (exact) mass is 277 g/mol. The largest absolute Gasteiger partial charge is 0.494 e. The zero-order valence-corrected chi connectivity index (χ0v) is 11.0. The first-order valence-corrected chi connectivity index (χ1v) is 6.10. The SMILES string of the molecule is CCOc1cccc(NC(=O)c2ccc(Cl)nn2)c1. The molecule has 1 heterocycles. The van der Waals surface area contributed by atoms with Crippen LogP contribution >= 0.6 is 11.6 Å². The van der Waals surface area contributed by atoms with Crippen LogP contribution in [-0.2, 0) is 0 Å². The third-order valence-corrected chi connectivity index (χ3v) is 2.47. The van der Waals surface area contributed by atoms with E-state index in [1.165, 1.54) is 12.1 Å². The second-order valence-corrected chi connectivity index (χ2v) is 4.04. The van der Waals surface area contributed by atoms with Crippen molar-refractivity contribution in [1.82, 2.24) is 10.2 Å². The molecule has 2 rings (SSSR count). The van der Waals surface area contributed by atoms with E-state index < -0.39 is 0 Å². The van der Waals surface area contributed by atoms with Crippen LogP contribution in [-0.4, -0.2) is 22.7 Å². The van der Waals surface area contributed by atoms with Gasteiger partial charge in [-0.25, -0.2) is 0 Å². The van der Waals surface area contributed by atoms with Gasteiger partial charge in [0.05, 0.1) is 6.61 Å². The zero-order valence-electron chi connectivity index (χ0n) is 10.3. The molecule has 0 unspecified atom stereocenters. The van der Waals surface area contributed by atoms with Crippen LogP contribution in [0.15, 0.2) is 36.4 Å². The zero-order chi connectivity index (χ0) is 13.7. The lowest BCUT2D eigenvalue weighted by atomic mass is 10.3. The lowest BCUT2D eigenvalue weighted by molar-refractivity contribution is 0.102. The summed E-state index contributed by atoms with van der Waals surface area (Å²) in [6.45, 7) is 2.47. The fraction of sp³-hybridized carbons (Fsp3) is 0.154. The van der Waals surface area contributed by atoms with Crippen molar-refractivity contribution in [2.24, 2.45) is 0 Å². The predicted octanol–water partition coefficient (Wildman–Crippen LogP) is 2.78. The summed E-state index contributed by atoms with van der Waals surface area (Å²) in [7, 11) is 0. The highest BCUT2D eigenvalue weighted by Gasteiger charge is 2.08. The Bertz CT molecular complexity index is 572. The molecular weight excluding hydrogens is 266 g/mol. The van der Waals surface area contributed by atoms with Crippen molar-refractivity contribution in [1.29, 1.82) is 0 Å². The van der Waals surface area contributed by atoms with Crippen molar-refractivity contribution >= 4 is 23.2 Å². The lowest BCUT2D eigenvalue weighted by Crippen LogP contribution is -2.14. The Labute approximate surface area is 115 Å². The number of nitrogens with one attached hydrogen (secondary N) is 1. The quantitative estimate of drug-likeness (QED) is 0.933. The maximum atomic E-state index is 11.9. The van der Waals surface area contributed by atoms with Gasteiger partial charge in [0.25, 0.3) is 5.91 Å². The highest BCUT2D eigenvalue weighted by Crippen LogP contribution is 2.17. The van der Waals surface area contributed by atoms with Gasteiger partial charge >= 0.3 is 0 Å². The molecule has 0 aliphatic heterocycles. The molecule has 0 aliphatic carbocycles. The van der Waals surface area contributed by atoms with Crippen LogP contribution in [0.2, 0.25) is 5.15 Å². The normalized spacial score (nSPS) is 10.0. The first kappa shape index (κ1) is 13.3. The summed E-state index contributed by atoms with van der Waals surface area (Å²) in [4.78, 5) is 11.9. The van der Waals surface area contributed by atoms with Crippen LogP contribution < -0.4 is 10.1 Å². The maximum absolute atomic E-state index is 11.9. The average molecular weight is 278 g/mol. The molecule has 1 N–H and O–H groups in total. The van der Waals surface area contributed by atoms with Crippen LogP contribution in [0, 0.1) is 0 Å². The Morgan fingerprint density at radius 2 is 2.16 bits per heavy atom. The van der Waals surface area contributed by atoms with Crippen molar-refractivity contribution in [3.8, 4) is 5.75 Å². The number of halogens is 1. The summed E-state index contributed by atoms with van der Waals surface area (Å²) in [6.07, 6.45) is 0. The molecule has 1 aromatic heterocycles. The van der Waals surface area contributed by atoms with Crippen LogP contribution in [0.25, 0.3) is 0 Å². The fourth-order valence-electron chi connectivity index (χ4n) is 1.46. The smallest absolute Gasteiger partial charge is 0.276 e. The number of ether oxygens (including phenoxy) is 1. The number of rotatable bonds is 4. The maximum Gasteiger partial charge on any atom is 0.276 e. The summed E-state index contributed by atoms with van der Waals surface area (Å²) < 4.78 is 5.35. The lowest BCUT2D eigenvalue weighted by Gasteiger charge is -2.07. The number of carbonyl (C=O) groups excluding carboxylic acids is 1. The van der Waals surface area contributed by atoms with Crippen molar-refractivity contribution in [2.45, 2.75) is 6.92 Å². The minimum atomic E-state index is -0.349. The van der Waals surface area contributed by atoms with Gasteiger partial charge in [-0.05, 0) is 31.2 Å². The van der Waals surface area contributed by atoms with Gasteiger partial charge in [0, 0.05) is 11.8 Å². The van der Waals surface area contributed by atoms with Gasteiger partial charge in [-0.2, -0.15) is 0 Å². The van der Waals surface area contributed by atoms with Gasteiger partial charge in [-0.1, -0.05) is 17.7 Å². The van der Waals surface area contributed by atoms with Crippen LogP contribution in [0.4, 0.5) is 5.69 Å². The Hall–Kier alpha value is -2.14. The van der Waals surface area contributed by atoms with E-state index >= 15 is 0 Å². The van der Waals surface area contributed by atoms with Gasteiger partial charge in [-0.3, -0.25) is 4.79 Å². The molecule has 5 nitrogen and oxygen atoms in total. The standard InChI is InChI=1S/C13H12ClN3O2/c1-2-19-10-5-3-4-9(8-10)15-13(18)11-6-7-12(14)17-16-11/h3-8H,2H2,1H3,(H,15,18). The number of aromatic nitrogens is 2. The number of benzene rings is 1. The minimum Gasteiger partial charge on any atom is -0.494 e. The van der Waals surface area contributed by atoms with Crippen molar-refractivity contribution in [3.05, 3.63) is 47.2 Å². The molecule has 0 radical (unpaired) electrons. The third kappa shape index (κ3) is 3.66. The molecule has 0 fully saturated rings. The molecule has 6 heteroatoms. The topological polar surface area (TPSA) is 64.1 Å². The molecule has 0 spiro atoms. The number of anilines is 1. The molecule has 0 saturated carbocycles. The number of hydrogen-bond donors (Lipinski definition) is 1. The molecule has 0 atom stereocenters. The Balaban J connectivity index is 2.10. The summed E-state index contributed by atoms with van der Waals surface area (Å²) in [5, 5.41) is 10.3. The van der Waals surface area contributed by atoms with Crippen LogP contribution in [0.1, 0.15) is 17.4 Å². The van der Waals surface area contributed by atoms with E-state index in [0.717, 1.165) is 0 Å². The van der Waals surface area contributed by atoms with E-state index in [1.54, 1.807) is 18.2 Å². The molecule has 1 aromatic carbocycles. The van der Waals surface area contributed by atoms with Gasteiger partial charge in [0.1, 0.15) is 5.75 Å². The first-order valence-electron chi connectivity index (χ1n) is 5.72. The Morgan fingerprint density at radius 1 is 1.32 bits per heavy atom. The van der Waals surface area contributed by atoms with E-state index in [-0.39, 0.29) is 16.8 Å². The van der Waals surface area contributed by atoms with Crippen LogP contribution in [0.5, 0.6) is 5.75 Å². The first-order chi connectivity index (χ1) is 9.19. The second kappa shape index (κ2) is 6.15. The van der Waals surface area contributed by atoms with E-state index in [9.17, 15) is 4.79 Å². The molecule has 98 valence electrons. The number of nitrogens with zero attached hydrogens (tertiary/aromatic N) is 2. The van der Waals surface area contributed by atoms with Gasteiger partial charge in [0.2, 0.25) is 0 Å². The minimum absolute atomic E-state index is 0.200. The molecule has 2 aromatic rings. The number of hydrogen-bond acceptors (Lipinski definition) is 4. The van der Waals surface area contributed by atoms with Crippen molar-refractivity contribution in [3.63, 3.8) is 0 Å². The Kier molecular flexibility index (Phi) is 4.30. The number of carbonyl (C=O) groups is 1. The highest BCUT2D eigenvalue weighted by atomic mass is 35.5. The second-order valence-electron chi connectivity index (χ2n) is 3.66. The van der Waals surface area contributed by atoms with Gasteiger partial charge in [-0.15, -0.1) is 10.2 Å². The van der Waals surface area contributed by atoms with E-state index in [2.05, 4.69) is 15.5 Å². The molecule has 0 saturated heterocycles. The number of amides is 1. The fourth-order valence-corrected chi connectivity index (χ4v) is 1.56. The predicted molar refractivity (Wildman–Crippen MR) is 72.6 cm³/mol. The Morgan fingerprint density at radius 3 is 2.84 bits per heavy atom. The molecular formula is C13H12ClN3O2. The molecule has 0 bridgehead atoms. The summed E-state index contributed by atoms with van der Waals surface area (Å²) in [5.74, 6) is 0.348. The molecule has 1 amide bonds. The van der Waals surface area contributed by atoms with E-state index in [1.807, 2.05) is 13.0 Å². The molecule has 19 heavy (non-hydrogen) atoms. The van der Waals surface area contributed by atoms with Gasteiger partial charge in [0.15, 0.2) is 10.8 Å². The molecule has 0 aliphatic rings. The highest BCUT2D eigenvalue weighted by molar-refractivity contribution is 6.29. The third-order valence-electron chi connectivity index (χ3n) is 2.27. The van der Waals surface area contributed by atoms with Crippen molar-refractivity contribution < 1.29 is 9.53 Å². The summed E-state index contributed by atoms with van der Waals surface area (Å²) in [6, 6.07) is 10.2. The summed E-state index contributed by atoms with van der Waals surface area (Å²) in [5.41, 5.74) is 0.832. The van der Waals surface area contributed by atoms with E-state index in [0.29, 0.717) is 18.0 Å². The van der Waals surface area contributed by atoms with Gasteiger partial charge < -0.3 is 10.1 Å². The van der Waals surface area contributed by atoms with E-state index in [4.69, 9.17) is 16.3 Å². The average Bonchev–Trinajstić information content (AvgIpc) is 2.40.